The Balaban J connectivity index is 0.00000225. The number of aromatic amines is 1. The summed E-state index contributed by atoms with van der Waals surface area (Å²) in [5.41, 5.74) is 3.37. The Morgan fingerprint density at radius 3 is 2.32 bits per heavy atom. The van der Waals surface area contributed by atoms with Gasteiger partial charge >= 0.3 is 0 Å². The quantitative estimate of drug-likeness (QED) is 0.434. The molecule has 0 aliphatic rings. The van der Waals surface area contributed by atoms with E-state index in [0.717, 1.165) is 11.3 Å². The second-order valence-electron chi connectivity index (χ2n) is 7.65. The zero-order chi connectivity index (χ0) is 19.3. The van der Waals surface area contributed by atoms with Crippen LogP contribution < -0.4 is 0 Å². The van der Waals surface area contributed by atoms with Crippen molar-refractivity contribution in [1.29, 1.82) is 0 Å². The van der Waals surface area contributed by atoms with E-state index in [9.17, 15) is 8.78 Å². The molecule has 0 bridgehead atoms. The minimum atomic E-state index is -0.602. The molecule has 0 atom stereocenters. The molecule has 0 radical (unpaired) electrons. The van der Waals surface area contributed by atoms with Gasteiger partial charge in [-0.25, -0.2) is 13.8 Å². The molecule has 28 heavy (non-hydrogen) atoms. The summed E-state index contributed by atoms with van der Waals surface area (Å²) in [7, 11) is 0. The fourth-order valence-electron chi connectivity index (χ4n) is 3.30. The first-order chi connectivity index (χ1) is 12.8. The summed E-state index contributed by atoms with van der Waals surface area (Å²) in [6.07, 6.45) is 0. The summed E-state index contributed by atoms with van der Waals surface area (Å²) in [6, 6.07) is 8.90. The molecule has 2 aromatic carbocycles. The topological polar surface area (TPSA) is 54.7 Å². The van der Waals surface area contributed by atoms with E-state index in [-0.39, 0.29) is 23.4 Å². The Kier molecular flexibility index (Phi) is 5.02. The average Bonchev–Trinajstić information content (AvgIpc) is 3.16. The second-order valence-corrected chi connectivity index (χ2v) is 7.65. The van der Waals surface area contributed by atoms with Crippen LogP contribution in [0.1, 0.15) is 32.0 Å². The SMILES string of the molecule is Cc1c(C(C)(C)C)noc1-c1nc2ccc(-c3c(F)cccc3F)cc2[nH]1.Cl. The third kappa shape index (κ3) is 3.29. The van der Waals surface area contributed by atoms with Crippen molar-refractivity contribution in [3.05, 3.63) is 59.3 Å². The standard InChI is InChI=1S/C21H19F2N3O.ClH/c1-11-18(27-26-19(11)21(2,3)4)20-24-15-9-8-12(10-16(15)25-20)17-13(22)6-5-7-14(17)23;/h5-10H,1-4H3,(H,24,25);1H. The van der Waals surface area contributed by atoms with Crippen LogP contribution in [0.5, 0.6) is 0 Å². The van der Waals surface area contributed by atoms with Gasteiger partial charge in [-0.15, -0.1) is 12.4 Å². The predicted molar refractivity (Wildman–Crippen MR) is 108 cm³/mol. The molecule has 1 N–H and O–H groups in total. The summed E-state index contributed by atoms with van der Waals surface area (Å²) in [5, 5.41) is 4.19. The lowest BCUT2D eigenvalue weighted by molar-refractivity contribution is 0.401. The third-order valence-corrected chi connectivity index (χ3v) is 4.58. The first-order valence-corrected chi connectivity index (χ1v) is 8.67. The van der Waals surface area contributed by atoms with Gasteiger partial charge in [-0.05, 0) is 36.8 Å². The molecule has 0 fully saturated rings. The minimum absolute atomic E-state index is 0. The number of halogens is 3. The van der Waals surface area contributed by atoms with Crippen molar-refractivity contribution in [2.24, 2.45) is 0 Å². The van der Waals surface area contributed by atoms with Crippen LogP contribution >= 0.6 is 12.4 Å². The van der Waals surface area contributed by atoms with E-state index in [1.165, 1.54) is 18.2 Å². The molecule has 0 saturated heterocycles. The fourth-order valence-corrected chi connectivity index (χ4v) is 3.30. The van der Waals surface area contributed by atoms with Gasteiger partial charge in [0, 0.05) is 11.0 Å². The van der Waals surface area contributed by atoms with Crippen LogP contribution in [-0.4, -0.2) is 15.1 Å². The third-order valence-electron chi connectivity index (χ3n) is 4.58. The highest BCUT2D eigenvalue weighted by Crippen LogP contribution is 2.33. The number of H-pyrrole nitrogens is 1. The molecule has 0 aliphatic heterocycles. The Morgan fingerprint density at radius 2 is 1.71 bits per heavy atom. The first kappa shape index (κ1) is 20.0. The van der Waals surface area contributed by atoms with E-state index in [0.29, 0.717) is 28.2 Å². The van der Waals surface area contributed by atoms with Gasteiger partial charge in [0.2, 0.25) is 5.76 Å². The maximum atomic E-state index is 14.1. The number of hydrogen-bond donors (Lipinski definition) is 1. The average molecular weight is 404 g/mol. The van der Waals surface area contributed by atoms with Crippen molar-refractivity contribution in [2.45, 2.75) is 33.1 Å². The molecule has 2 aromatic heterocycles. The molecule has 0 unspecified atom stereocenters. The molecule has 0 aliphatic carbocycles. The van der Waals surface area contributed by atoms with Crippen molar-refractivity contribution in [1.82, 2.24) is 15.1 Å². The van der Waals surface area contributed by atoms with Gasteiger partial charge in [0.15, 0.2) is 5.82 Å². The second kappa shape index (κ2) is 7.02. The van der Waals surface area contributed by atoms with E-state index in [2.05, 4.69) is 35.9 Å². The smallest absolute Gasteiger partial charge is 0.205 e. The van der Waals surface area contributed by atoms with Gasteiger partial charge in [0.1, 0.15) is 11.6 Å². The van der Waals surface area contributed by atoms with Crippen LogP contribution in [0.3, 0.4) is 0 Å². The zero-order valence-electron chi connectivity index (χ0n) is 15.9. The van der Waals surface area contributed by atoms with E-state index < -0.39 is 11.6 Å². The van der Waals surface area contributed by atoms with Crippen LogP contribution in [0, 0.1) is 18.6 Å². The molecule has 7 heteroatoms. The van der Waals surface area contributed by atoms with E-state index >= 15 is 0 Å². The lowest BCUT2D eigenvalue weighted by atomic mass is 9.89. The summed E-state index contributed by atoms with van der Waals surface area (Å²) in [5.74, 6) is -0.101. The molecule has 4 rings (SSSR count). The Morgan fingerprint density at radius 1 is 1.04 bits per heavy atom. The summed E-state index contributed by atoms with van der Waals surface area (Å²) in [4.78, 5) is 7.72. The first-order valence-electron chi connectivity index (χ1n) is 8.67. The number of benzene rings is 2. The molecule has 0 saturated carbocycles. The van der Waals surface area contributed by atoms with Crippen molar-refractivity contribution >= 4 is 23.4 Å². The monoisotopic (exact) mass is 403 g/mol. The Hall–Kier alpha value is -2.73. The number of nitrogens with one attached hydrogen (secondary N) is 1. The summed E-state index contributed by atoms with van der Waals surface area (Å²) < 4.78 is 33.7. The maximum Gasteiger partial charge on any atom is 0.205 e. The molecule has 0 amide bonds. The summed E-state index contributed by atoms with van der Waals surface area (Å²) >= 11 is 0. The number of imidazole rings is 1. The fraction of sp³-hybridized carbons (Fsp3) is 0.238. The lowest BCUT2D eigenvalue weighted by Gasteiger charge is -2.14. The molecule has 0 spiro atoms. The van der Waals surface area contributed by atoms with E-state index in [1.807, 2.05) is 6.92 Å². The zero-order valence-corrected chi connectivity index (χ0v) is 16.7. The van der Waals surface area contributed by atoms with Gasteiger partial charge in [-0.2, -0.15) is 0 Å². The van der Waals surface area contributed by atoms with Crippen LogP contribution in [0.4, 0.5) is 8.78 Å². The van der Waals surface area contributed by atoms with Crippen LogP contribution in [-0.2, 0) is 5.41 Å². The van der Waals surface area contributed by atoms with E-state index in [1.54, 1.807) is 18.2 Å². The van der Waals surface area contributed by atoms with Crippen molar-refractivity contribution in [3.8, 4) is 22.7 Å². The number of rotatable bonds is 2. The molecule has 4 nitrogen and oxygen atoms in total. The lowest BCUT2D eigenvalue weighted by Crippen LogP contribution is -2.13. The Bertz CT molecular complexity index is 1140. The maximum absolute atomic E-state index is 14.1. The van der Waals surface area contributed by atoms with Crippen LogP contribution in [0.15, 0.2) is 40.9 Å². The number of aromatic nitrogens is 3. The van der Waals surface area contributed by atoms with Crippen molar-refractivity contribution in [3.63, 3.8) is 0 Å². The molecular weight excluding hydrogens is 384 g/mol. The van der Waals surface area contributed by atoms with Gasteiger partial charge < -0.3 is 9.51 Å². The Labute approximate surface area is 167 Å². The van der Waals surface area contributed by atoms with Crippen molar-refractivity contribution < 1.29 is 13.3 Å². The van der Waals surface area contributed by atoms with Crippen LogP contribution in [0.25, 0.3) is 33.7 Å². The minimum Gasteiger partial charge on any atom is -0.352 e. The number of hydrogen-bond acceptors (Lipinski definition) is 3. The highest BCUT2D eigenvalue weighted by atomic mass is 35.5. The molecule has 146 valence electrons. The van der Waals surface area contributed by atoms with Crippen molar-refractivity contribution in [2.75, 3.05) is 0 Å². The molecule has 2 heterocycles. The summed E-state index contributed by atoms with van der Waals surface area (Å²) in [6.45, 7) is 8.14. The highest BCUT2D eigenvalue weighted by molar-refractivity contribution is 5.85. The van der Waals surface area contributed by atoms with Gasteiger partial charge in [0.05, 0.1) is 22.3 Å². The van der Waals surface area contributed by atoms with Crippen LogP contribution in [0.2, 0.25) is 0 Å². The molecule has 4 aromatic rings. The number of nitrogens with zero attached hydrogens (tertiary/aromatic N) is 2. The van der Waals surface area contributed by atoms with Gasteiger partial charge in [0.25, 0.3) is 0 Å². The highest BCUT2D eigenvalue weighted by Gasteiger charge is 2.25. The molecular formula is C21H20ClF2N3O. The normalized spacial score (nSPS) is 11.6. The predicted octanol–water partition coefficient (Wildman–Crippen LogP) is 6.19. The van der Waals surface area contributed by atoms with Gasteiger partial charge in [-0.3, -0.25) is 0 Å². The van der Waals surface area contributed by atoms with Gasteiger partial charge in [-0.1, -0.05) is 38.1 Å². The number of fused-ring (bicyclic) bond motifs is 1. The van der Waals surface area contributed by atoms with E-state index in [4.69, 9.17) is 4.52 Å². The largest absolute Gasteiger partial charge is 0.352 e.